The van der Waals surface area contributed by atoms with E-state index in [-0.39, 0.29) is 5.69 Å². The Morgan fingerprint density at radius 3 is 2.05 bits per heavy atom. The third-order valence-corrected chi connectivity index (χ3v) is 3.82. The quantitative estimate of drug-likeness (QED) is 0.856. The van der Waals surface area contributed by atoms with Crippen LogP contribution >= 0.6 is 0 Å². The van der Waals surface area contributed by atoms with Crippen LogP contribution in [-0.2, 0) is 10.0 Å². The van der Waals surface area contributed by atoms with E-state index in [0.717, 1.165) is 12.1 Å². The number of nitrogen functional groups attached to an aromatic ring is 1. The van der Waals surface area contributed by atoms with Crippen LogP contribution in [0.4, 0.5) is 24.5 Å². The summed E-state index contributed by atoms with van der Waals surface area (Å²) in [5.74, 6) is -3.58. The maximum atomic E-state index is 13.6. The van der Waals surface area contributed by atoms with Gasteiger partial charge in [0.15, 0.2) is 4.90 Å². The predicted molar refractivity (Wildman–Crippen MR) is 68.0 cm³/mol. The molecule has 106 valence electrons. The van der Waals surface area contributed by atoms with E-state index in [9.17, 15) is 21.6 Å². The Balaban J connectivity index is 2.50. The lowest BCUT2D eigenvalue weighted by atomic mass is 10.3. The molecule has 0 fully saturated rings. The number of anilines is 2. The smallest absolute Gasteiger partial charge is 0.267 e. The van der Waals surface area contributed by atoms with Crippen LogP contribution in [0.2, 0.25) is 0 Å². The van der Waals surface area contributed by atoms with Crippen LogP contribution in [0.5, 0.6) is 0 Å². The number of para-hydroxylation sites is 1. The summed E-state index contributed by atoms with van der Waals surface area (Å²) in [6, 6.07) is 6.18. The first kappa shape index (κ1) is 14.2. The zero-order valence-corrected chi connectivity index (χ0v) is 10.7. The lowest BCUT2D eigenvalue weighted by Crippen LogP contribution is -2.17. The van der Waals surface area contributed by atoms with Gasteiger partial charge in [0.25, 0.3) is 10.0 Å². The Labute approximate surface area is 113 Å². The molecule has 0 radical (unpaired) electrons. The number of nitrogens with two attached hydrogens (primary N) is 1. The molecule has 0 aliphatic heterocycles. The minimum atomic E-state index is -4.61. The van der Waals surface area contributed by atoms with Crippen molar-refractivity contribution < 1.29 is 21.6 Å². The highest BCUT2D eigenvalue weighted by Gasteiger charge is 2.25. The summed E-state index contributed by atoms with van der Waals surface area (Å²) < 4.78 is 66.1. The second-order valence-corrected chi connectivity index (χ2v) is 5.52. The van der Waals surface area contributed by atoms with E-state index in [1.165, 1.54) is 12.1 Å². The van der Waals surface area contributed by atoms with Gasteiger partial charge in [-0.3, -0.25) is 4.72 Å². The minimum absolute atomic E-state index is 0.259. The van der Waals surface area contributed by atoms with Gasteiger partial charge in [-0.1, -0.05) is 12.1 Å². The van der Waals surface area contributed by atoms with E-state index in [1.807, 2.05) is 0 Å². The van der Waals surface area contributed by atoms with Gasteiger partial charge in [-0.2, -0.15) is 0 Å². The Morgan fingerprint density at radius 1 is 0.950 bits per heavy atom. The predicted octanol–water partition coefficient (Wildman–Crippen LogP) is 2.49. The van der Waals surface area contributed by atoms with Gasteiger partial charge in [-0.25, -0.2) is 21.6 Å². The third kappa shape index (κ3) is 2.69. The van der Waals surface area contributed by atoms with E-state index in [4.69, 9.17) is 5.73 Å². The summed E-state index contributed by atoms with van der Waals surface area (Å²) in [5.41, 5.74) is 4.52. The van der Waals surface area contributed by atoms with E-state index in [2.05, 4.69) is 0 Å². The number of hydrogen-bond donors (Lipinski definition) is 2. The Kier molecular flexibility index (Phi) is 3.58. The molecule has 0 unspecified atom stereocenters. The zero-order chi connectivity index (χ0) is 14.9. The molecule has 0 bridgehead atoms. The Morgan fingerprint density at radius 2 is 1.50 bits per heavy atom. The highest BCUT2D eigenvalue weighted by atomic mass is 32.2. The van der Waals surface area contributed by atoms with Crippen molar-refractivity contribution in [1.29, 1.82) is 0 Å². The van der Waals surface area contributed by atoms with Crippen molar-refractivity contribution >= 4 is 21.4 Å². The number of nitrogens with one attached hydrogen (secondary N) is 1. The molecule has 3 N–H and O–H groups in total. The molecule has 4 nitrogen and oxygen atoms in total. The lowest BCUT2D eigenvalue weighted by Gasteiger charge is -2.10. The SMILES string of the molecule is Nc1cc(F)c(S(=O)(=O)Nc2ccccc2F)c(F)c1. The van der Waals surface area contributed by atoms with Gasteiger partial charge >= 0.3 is 0 Å². The van der Waals surface area contributed by atoms with E-state index in [1.54, 1.807) is 4.72 Å². The molecular formula is C12H9F3N2O2S. The molecule has 0 aromatic heterocycles. The summed E-state index contributed by atoms with van der Waals surface area (Å²) in [5, 5.41) is 0. The fourth-order valence-corrected chi connectivity index (χ4v) is 2.76. The molecule has 0 aliphatic carbocycles. The summed E-state index contributed by atoms with van der Waals surface area (Å²) >= 11 is 0. The van der Waals surface area contributed by atoms with Crippen LogP contribution in [0.1, 0.15) is 0 Å². The highest BCUT2D eigenvalue weighted by molar-refractivity contribution is 7.92. The Bertz CT molecular complexity index is 740. The van der Waals surface area contributed by atoms with Gasteiger partial charge < -0.3 is 5.73 Å². The van der Waals surface area contributed by atoms with Gasteiger partial charge in [-0.15, -0.1) is 0 Å². The third-order valence-electron chi connectivity index (χ3n) is 2.41. The summed E-state index contributed by atoms with van der Waals surface area (Å²) in [6.45, 7) is 0. The molecule has 2 aromatic carbocycles. The molecular weight excluding hydrogens is 293 g/mol. The molecule has 0 saturated carbocycles. The van der Waals surface area contributed by atoms with Crippen molar-refractivity contribution in [3.63, 3.8) is 0 Å². The van der Waals surface area contributed by atoms with Crippen LogP contribution in [0.3, 0.4) is 0 Å². The van der Waals surface area contributed by atoms with Gasteiger partial charge in [0.1, 0.15) is 17.5 Å². The maximum absolute atomic E-state index is 13.6. The standard InChI is InChI=1S/C12H9F3N2O2S/c13-8-3-1-2-4-11(8)17-20(18,19)12-9(14)5-7(16)6-10(12)15/h1-6,17H,16H2. The number of hydrogen-bond acceptors (Lipinski definition) is 3. The molecule has 2 rings (SSSR count). The maximum Gasteiger partial charge on any atom is 0.267 e. The van der Waals surface area contributed by atoms with Crippen LogP contribution in [0, 0.1) is 17.5 Å². The second kappa shape index (κ2) is 5.04. The second-order valence-electron chi connectivity index (χ2n) is 3.90. The fraction of sp³-hybridized carbons (Fsp3) is 0. The van der Waals surface area contributed by atoms with Gasteiger partial charge in [0, 0.05) is 5.69 Å². The van der Waals surface area contributed by atoms with Crippen molar-refractivity contribution in [2.24, 2.45) is 0 Å². The highest BCUT2D eigenvalue weighted by Crippen LogP contribution is 2.25. The van der Waals surface area contributed by atoms with Crippen LogP contribution in [0.25, 0.3) is 0 Å². The molecule has 20 heavy (non-hydrogen) atoms. The first-order chi connectivity index (χ1) is 9.31. The van der Waals surface area contributed by atoms with E-state index in [0.29, 0.717) is 12.1 Å². The number of rotatable bonds is 3. The van der Waals surface area contributed by atoms with Gasteiger partial charge in [0.05, 0.1) is 5.69 Å². The lowest BCUT2D eigenvalue weighted by molar-refractivity contribution is 0.522. The Hall–Kier alpha value is -2.22. The first-order valence-electron chi connectivity index (χ1n) is 5.33. The van der Waals surface area contributed by atoms with Crippen molar-refractivity contribution in [3.8, 4) is 0 Å². The molecule has 0 heterocycles. The van der Waals surface area contributed by atoms with Crippen molar-refractivity contribution in [3.05, 3.63) is 53.8 Å². The first-order valence-corrected chi connectivity index (χ1v) is 6.81. The number of halogens is 3. The monoisotopic (exact) mass is 302 g/mol. The summed E-state index contributed by atoms with van der Waals surface area (Å²) in [4.78, 5) is -1.21. The average molecular weight is 302 g/mol. The minimum Gasteiger partial charge on any atom is -0.399 e. The largest absolute Gasteiger partial charge is 0.399 e. The van der Waals surface area contributed by atoms with Crippen LogP contribution in [-0.4, -0.2) is 8.42 Å². The van der Waals surface area contributed by atoms with E-state index >= 15 is 0 Å². The van der Waals surface area contributed by atoms with Crippen LogP contribution < -0.4 is 10.5 Å². The molecule has 0 spiro atoms. The summed E-state index contributed by atoms with van der Waals surface area (Å²) in [7, 11) is -4.61. The molecule has 2 aromatic rings. The fourth-order valence-electron chi connectivity index (χ4n) is 1.58. The summed E-state index contributed by atoms with van der Waals surface area (Å²) in [6.07, 6.45) is 0. The van der Waals surface area contributed by atoms with Crippen molar-refractivity contribution in [2.45, 2.75) is 4.90 Å². The average Bonchev–Trinajstić information content (AvgIpc) is 2.30. The molecule has 8 heteroatoms. The van der Waals surface area contributed by atoms with Crippen molar-refractivity contribution in [2.75, 3.05) is 10.5 Å². The van der Waals surface area contributed by atoms with Gasteiger partial charge in [-0.05, 0) is 24.3 Å². The molecule has 0 atom stereocenters. The number of benzene rings is 2. The van der Waals surface area contributed by atoms with Crippen LogP contribution in [0.15, 0.2) is 41.3 Å². The molecule has 0 aliphatic rings. The zero-order valence-electron chi connectivity index (χ0n) is 9.90. The number of sulfonamides is 1. The van der Waals surface area contributed by atoms with Crippen molar-refractivity contribution in [1.82, 2.24) is 0 Å². The topological polar surface area (TPSA) is 72.2 Å². The van der Waals surface area contributed by atoms with Gasteiger partial charge in [0.2, 0.25) is 0 Å². The normalized spacial score (nSPS) is 11.3. The van der Waals surface area contributed by atoms with E-state index < -0.39 is 38.1 Å². The molecule has 0 amide bonds. The molecule has 0 saturated heterocycles.